The van der Waals surface area contributed by atoms with E-state index in [1.807, 2.05) is 31.2 Å². The van der Waals surface area contributed by atoms with Crippen LogP contribution in [0.1, 0.15) is 38.2 Å². The molecule has 1 aromatic rings. The Kier molecular flexibility index (Phi) is 5.06. The van der Waals surface area contributed by atoms with Crippen LogP contribution >= 0.6 is 0 Å². The lowest BCUT2D eigenvalue weighted by atomic mass is 9.98. The van der Waals surface area contributed by atoms with Gasteiger partial charge in [-0.1, -0.05) is 19.1 Å². The Labute approximate surface area is 130 Å². The van der Waals surface area contributed by atoms with E-state index in [-0.39, 0.29) is 24.4 Å². The molecule has 5 nitrogen and oxygen atoms in total. The first kappa shape index (κ1) is 16.3. The fourth-order valence-electron chi connectivity index (χ4n) is 2.46. The van der Waals surface area contributed by atoms with Crippen LogP contribution < -0.4 is 4.74 Å². The number of hydrogen-bond donors (Lipinski definition) is 1. The molecule has 0 radical (unpaired) electrons. The SMILES string of the molecule is COc1ccc(C(C)C(=O)N(CC(C)C(=O)O)C2CC2)cc1. The van der Waals surface area contributed by atoms with E-state index < -0.39 is 11.9 Å². The lowest BCUT2D eigenvalue weighted by Gasteiger charge is -2.27. The van der Waals surface area contributed by atoms with Crippen LogP contribution in [0.3, 0.4) is 0 Å². The molecule has 2 unspecified atom stereocenters. The van der Waals surface area contributed by atoms with Gasteiger partial charge in [0, 0.05) is 12.6 Å². The summed E-state index contributed by atoms with van der Waals surface area (Å²) in [6, 6.07) is 7.64. The zero-order valence-electron chi connectivity index (χ0n) is 13.3. The number of nitrogens with zero attached hydrogens (tertiary/aromatic N) is 1. The van der Waals surface area contributed by atoms with Gasteiger partial charge >= 0.3 is 5.97 Å². The van der Waals surface area contributed by atoms with Gasteiger partial charge in [-0.25, -0.2) is 0 Å². The first-order valence-corrected chi connectivity index (χ1v) is 7.61. The van der Waals surface area contributed by atoms with E-state index in [2.05, 4.69) is 0 Å². The number of carboxylic acids is 1. The van der Waals surface area contributed by atoms with Gasteiger partial charge in [-0.3, -0.25) is 9.59 Å². The molecule has 120 valence electrons. The average molecular weight is 305 g/mol. The van der Waals surface area contributed by atoms with E-state index in [1.165, 1.54) is 0 Å². The van der Waals surface area contributed by atoms with E-state index in [0.717, 1.165) is 24.2 Å². The third-order valence-electron chi connectivity index (χ3n) is 4.15. The first-order chi connectivity index (χ1) is 10.4. The zero-order chi connectivity index (χ0) is 16.3. The van der Waals surface area contributed by atoms with Crippen molar-refractivity contribution < 1.29 is 19.4 Å². The lowest BCUT2D eigenvalue weighted by Crippen LogP contribution is -2.40. The van der Waals surface area contributed by atoms with E-state index in [9.17, 15) is 9.59 Å². The van der Waals surface area contributed by atoms with Gasteiger partial charge in [0.05, 0.1) is 18.9 Å². The molecule has 0 spiro atoms. The molecule has 0 heterocycles. The highest BCUT2D eigenvalue weighted by Crippen LogP contribution is 2.31. The number of ether oxygens (including phenoxy) is 1. The first-order valence-electron chi connectivity index (χ1n) is 7.61. The Morgan fingerprint density at radius 2 is 1.86 bits per heavy atom. The van der Waals surface area contributed by atoms with Crippen LogP contribution in [-0.2, 0) is 9.59 Å². The molecule has 1 aliphatic rings. The molecule has 1 aromatic carbocycles. The summed E-state index contributed by atoms with van der Waals surface area (Å²) in [5.41, 5.74) is 0.916. The molecule has 1 amide bonds. The van der Waals surface area contributed by atoms with Crippen molar-refractivity contribution in [2.24, 2.45) is 5.92 Å². The van der Waals surface area contributed by atoms with Gasteiger partial charge in [-0.15, -0.1) is 0 Å². The second-order valence-electron chi connectivity index (χ2n) is 5.96. The van der Waals surface area contributed by atoms with E-state index >= 15 is 0 Å². The molecule has 5 heteroatoms. The normalized spacial score (nSPS) is 16.7. The summed E-state index contributed by atoms with van der Waals surface area (Å²) in [6.07, 6.45) is 1.93. The number of carbonyl (C=O) groups excluding carboxylic acids is 1. The van der Waals surface area contributed by atoms with Gasteiger partial charge in [0.1, 0.15) is 5.75 Å². The molecule has 0 saturated heterocycles. The van der Waals surface area contributed by atoms with Crippen LogP contribution in [0.5, 0.6) is 5.75 Å². The lowest BCUT2D eigenvalue weighted by molar-refractivity contribution is -0.143. The van der Waals surface area contributed by atoms with Crippen molar-refractivity contribution in [2.45, 2.75) is 38.6 Å². The minimum absolute atomic E-state index is 0.000710. The molecule has 22 heavy (non-hydrogen) atoms. The van der Waals surface area contributed by atoms with Gasteiger partial charge in [-0.2, -0.15) is 0 Å². The monoisotopic (exact) mass is 305 g/mol. The zero-order valence-corrected chi connectivity index (χ0v) is 13.3. The minimum atomic E-state index is -0.865. The number of hydrogen-bond acceptors (Lipinski definition) is 3. The third kappa shape index (κ3) is 3.78. The molecular weight excluding hydrogens is 282 g/mol. The molecule has 1 aliphatic carbocycles. The highest BCUT2D eigenvalue weighted by Gasteiger charge is 2.36. The van der Waals surface area contributed by atoms with Crippen molar-refractivity contribution in [2.75, 3.05) is 13.7 Å². The Morgan fingerprint density at radius 3 is 2.32 bits per heavy atom. The van der Waals surface area contributed by atoms with E-state index in [1.54, 1.807) is 18.9 Å². The second kappa shape index (κ2) is 6.81. The number of methoxy groups -OCH3 is 1. The van der Waals surface area contributed by atoms with Crippen molar-refractivity contribution in [3.63, 3.8) is 0 Å². The summed E-state index contributed by atoms with van der Waals surface area (Å²) in [5, 5.41) is 9.08. The minimum Gasteiger partial charge on any atom is -0.497 e. The topological polar surface area (TPSA) is 66.8 Å². The van der Waals surface area contributed by atoms with Crippen molar-refractivity contribution >= 4 is 11.9 Å². The van der Waals surface area contributed by atoms with Gasteiger partial charge in [-0.05, 0) is 37.5 Å². The van der Waals surface area contributed by atoms with Crippen LogP contribution in [-0.4, -0.2) is 41.6 Å². The number of carboxylic acid groups (broad SMARTS) is 1. The van der Waals surface area contributed by atoms with Crippen LogP contribution in [0, 0.1) is 5.92 Å². The van der Waals surface area contributed by atoms with Crippen molar-refractivity contribution in [3.05, 3.63) is 29.8 Å². The maximum absolute atomic E-state index is 12.7. The van der Waals surface area contributed by atoms with E-state index in [4.69, 9.17) is 9.84 Å². The predicted molar refractivity (Wildman–Crippen MR) is 82.9 cm³/mol. The standard InChI is InChI=1S/C17H23NO4/c1-11(17(20)21)10-18(14-6-7-14)16(19)12(2)13-4-8-15(22-3)9-5-13/h4-5,8-9,11-12,14H,6-7,10H2,1-3H3,(H,20,21). The van der Waals surface area contributed by atoms with Crippen LogP contribution in [0.15, 0.2) is 24.3 Å². The second-order valence-corrected chi connectivity index (χ2v) is 5.96. The van der Waals surface area contributed by atoms with Crippen molar-refractivity contribution in [1.82, 2.24) is 4.90 Å². The van der Waals surface area contributed by atoms with Crippen LogP contribution in [0.25, 0.3) is 0 Å². The van der Waals surface area contributed by atoms with Gasteiger partial charge < -0.3 is 14.7 Å². The van der Waals surface area contributed by atoms with Gasteiger partial charge in [0.2, 0.25) is 5.91 Å². The molecule has 1 saturated carbocycles. The summed E-state index contributed by atoms with van der Waals surface area (Å²) in [6.45, 7) is 3.79. The predicted octanol–water partition coefficient (Wildman–Crippen LogP) is 2.51. The quantitative estimate of drug-likeness (QED) is 0.840. The number of carbonyl (C=O) groups is 2. The summed E-state index contributed by atoms with van der Waals surface area (Å²) in [4.78, 5) is 25.5. The molecule has 0 aromatic heterocycles. The largest absolute Gasteiger partial charge is 0.497 e. The Balaban J connectivity index is 2.09. The molecule has 1 N–H and O–H groups in total. The maximum atomic E-state index is 12.7. The van der Waals surface area contributed by atoms with Gasteiger partial charge in [0.15, 0.2) is 0 Å². The van der Waals surface area contributed by atoms with Crippen molar-refractivity contribution in [1.29, 1.82) is 0 Å². The molecule has 1 fully saturated rings. The smallest absolute Gasteiger partial charge is 0.308 e. The summed E-state index contributed by atoms with van der Waals surface area (Å²) >= 11 is 0. The number of amides is 1. The summed E-state index contributed by atoms with van der Waals surface area (Å²) in [5.74, 6) is -0.946. The van der Waals surface area contributed by atoms with E-state index in [0.29, 0.717) is 0 Å². The highest BCUT2D eigenvalue weighted by molar-refractivity contribution is 5.84. The fraction of sp³-hybridized carbons (Fsp3) is 0.529. The number of benzene rings is 1. The average Bonchev–Trinajstić information content (AvgIpc) is 3.35. The Morgan fingerprint density at radius 1 is 1.27 bits per heavy atom. The molecule has 0 aliphatic heterocycles. The number of rotatable bonds is 7. The molecule has 0 bridgehead atoms. The highest BCUT2D eigenvalue weighted by atomic mass is 16.5. The third-order valence-corrected chi connectivity index (χ3v) is 4.15. The number of aliphatic carboxylic acids is 1. The van der Waals surface area contributed by atoms with Gasteiger partial charge in [0.25, 0.3) is 0 Å². The molecular formula is C17H23NO4. The summed E-state index contributed by atoms with van der Waals surface area (Å²) < 4.78 is 5.12. The molecule has 2 rings (SSSR count). The molecule has 2 atom stereocenters. The van der Waals surface area contributed by atoms with Crippen LogP contribution in [0.2, 0.25) is 0 Å². The van der Waals surface area contributed by atoms with Crippen molar-refractivity contribution in [3.8, 4) is 5.75 Å². The fourth-order valence-corrected chi connectivity index (χ4v) is 2.46. The van der Waals surface area contributed by atoms with Crippen LogP contribution in [0.4, 0.5) is 0 Å². The Bertz CT molecular complexity index is 536. The Hall–Kier alpha value is -2.04. The maximum Gasteiger partial charge on any atom is 0.308 e. The summed E-state index contributed by atoms with van der Waals surface area (Å²) in [7, 11) is 1.60.